The molecule has 7 heteroatoms. The molecule has 1 aromatic carbocycles. The molecule has 1 aliphatic heterocycles. The lowest BCUT2D eigenvalue weighted by atomic mass is 10.2. The van der Waals surface area contributed by atoms with Crippen LogP contribution >= 0.6 is 11.6 Å². The zero-order chi connectivity index (χ0) is 15.5. The molecule has 1 fully saturated rings. The first kappa shape index (κ1) is 16.0. The second-order valence-electron chi connectivity index (χ2n) is 4.76. The predicted octanol–water partition coefficient (Wildman–Crippen LogP) is 2.04. The number of carbonyl (C=O) groups is 1. The summed E-state index contributed by atoms with van der Waals surface area (Å²) in [5.41, 5.74) is 0.263. The Balaban J connectivity index is 2.35. The normalized spacial score (nSPS) is 15.9. The summed E-state index contributed by atoms with van der Waals surface area (Å²) in [6.45, 7) is 4.81. The molecule has 21 heavy (non-hydrogen) atoms. The van der Waals surface area contributed by atoms with Gasteiger partial charge in [0.2, 0.25) is 10.0 Å². The van der Waals surface area contributed by atoms with Gasteiger partial charge in [0.05, 0.1) is 5.02 Å². The molecule has 1 N–H and O–H groups in total. The van der Waals surface area contributed by atoms with E-state index < -0.39 is 10.0 Å². The fraction of sp³-hybridized carbons (Fsp3) is 0.357. The van der Waals surface area contributed by atoms with Crippen molar-refractivity contribution in [3.05, 3.63) is 41.4 Å². The quantitative estimate of drug-likeness (QED) is 0.841. The minimum Gasteiger partial charge on any atom is -0.349 e. The van der Waals surface area contributed by atoms with Crippen molar-refractivity contribution in [2.45, 2.75) is 17.7 Å². The Morgan fingerprint density at radius 2 is 2.05 bits per heavy atom. The van der Waals surface area contributed by atoms with Gasteiger partial charge >= 0.3 is 0 Å². The van der Waals surface area contributed by atoms with Crippen molar-refractivity contribution in [3.8, 4) is 0 Å². The van der Waals surface area contributed by atoms with Gasteiger partial charge in [-0.25, -0.2) is 8.42 Å². The van der Waals surface area contributed by atoms with Gasteiger partial charge in [0.15, 0.2) is 0 Å². The molecule has 1 amide bonds. The van der Waals surface area contributed by atoms with Gasteiger partial charge in [-0.05, 0) is 31.0 Å². The number of nitrogens with zero attached hydrogens (tertiary/aromatic N) is 1. The minimum atomic E-state index is -3.64. The van der Waals surface area contributed by atoms with Gasteiger partial charge in [-0.1, -0.05) is 17.7 Å². The van der Waals surface area contributed by atoms with E-state index in [2.05, 4.69) is 11.9 Å². The summed E-state index contributed by atoms with van der Waals surface area (Å²) < 4.78 is 26.5. The Kier molecular flexibility index (Phi) is 5.03. The molecule has 1 saturated heterocycles. The van der Waals surface area contributed by atoms with Gasteiger partial charge in [0.25, 0.3) is 5.91 Å². The van der Waals surface area contributed by atoms with E-state index >= 15 is 0 Å². The largest absolute Gasteiger partial charge is 0.349 e. The number of amides is 1. The predicted molar refractivity (Wildman–Crippen MR) is 82.0 cm³/mol. The zero-order valence-corrected chi connectivity index (χ0v) is 13.1. The van der Waals surface area contributed by atoms with E-state index in [0.717, 1.165) is 12.8 Å². The van der Waals surface area contributed by atoms with Crippen molar-refractivity contribution < 1.29 is 13.2 Å². The van der Waals surface area contributed by atoms with Crippen LogP contribution in [0.5, 0.6) is 0 Å². The van der Waals surface area contributed by atoms with E-state index in [9.17, 15) is 13.2 Å². The summed E-state index contributed by atoms with van der Waals surface area (Å²) >= 11 is 6.01. The summed E-state index contributed by atoms with van der Waals surface area (Å²) in [6.07, 6.45) is 3.24. The average Bonchev–Trinajstić information content (AvgIpc) is 3.00. The molecule has 0 spiro atoms. The lowest BCUT2D eigenvalue weighted by Gasteiger charge is -2.17. The van der Waals surface area contributed by atoms with Gasteiger partial charge in [-0.2, -0.15) is 4.31 Å². The Bertz CT molecular complexity index is 652. The van der Waals surface area contributed by atoms with Crippen LogP contribution < -0.4 is 5.32 Å². The Morgan fingerprint density at radius 3 is 2.67 bits per heavy atom. The van der Waals surface area contributed by atoms with Crippen molar-refractivity contribution in [2.75, 3.05) is 19.6 Å². The molecular formula is C14H17ClN2O3S. The third-order valence-corrected chi connectivity index (χ3v) is 5.66. The first-order chi connectivity index (χ1) is 9.96. The highest BCUT2D eigenvalue weighted by atomic mass is 35.5. The maximum Gasteiger partial charge on any atom is 0.251 e. The number of hydrogen-bond acceptors (Lipinski definition) is 3. The van der Waals surface area contributed by atoms with Gasteiger partial charge in [0.1, 0.15) is 4.90 Å². The first-order valence-electron chi connectivity index (χ1n) is 6.65. The Labute approximate surface area is 129 Å². The van der Waals surface area contributed by atoms with Crippen LogP contribution in [0.4, 0.5) is 0 Å². The third kappa shape index (κ3) is 3.45. The van der Waals surface area contributed by atoms with Crippen molar-refractivity contribution in [1.82, 2.24) is 9.62 Å². The number of sulfonamides is 1. The SMILES string of the molecule is C=CCNC(=O)c1ccc(Cl)c(S(=O)(=O)N2CCCC2)c1. The number of rotatable bonds is 5. The molecule has 0 bridgehead atoms. The minimum absolute atomic E-state index is 0.0164. The average molecular weight is 329 g/mol. The summed E-state index contributed by atoms with van der Waals surface area (Å²) in [5.74, 6) is -0.357. The molecular weight excluding hydrogens is 312 g/mol. The maximum atomic E-state index is 12.5. The molecule has 114 valence electrons. The van der Waals surface area contributed by atoms with Crippen LogP contribution in [0.25, 0.3) is 0 Å². The monoisotopic (exact) mass is 328 g/mol. The van der Waals surface area contributed by atoms with Crippen LogP contribution in [-0.4, -0.2) is 38.3 Å². The van der Waals surface area contributed by atoms with E-state index in [1.54, 1.807) is 6.08 Å². The van der Waals surface area contributed by atoms with E-state index in [1.165, 1.54) is 22.5 Å². The number of hydrogen-bond donors (Lipinski definition) is 1. The van der Waals surface area contributed by atoms with E-state index in [-0.39, 0.29) is 21.4 Å². The number of benzene rings is 1. The van der Waals surface area contributed by atoms with Gasteiger partial charge in [-0.15, -0.1) is 6.58 Å². The van der Waals surface area contributed by atoms with Gasteiger partial charge < -0.3 is 5.32 Å². The molecule has 1 aromatic rings. The lowest BCUT2D eigenvalue weighted by Crippen LogP contribution is -2.29. The summed E-state index contributed by atoms with van der Waals surface area (Å²) in [4.78, 5) is 11.9. The van der Waals surface area contributed by atoms with Crippen LogP contribution in [-0.2, 0) is 10.0 Å². The van der Waals surface area contributed by atoms with Crippen molar-refractivity contribution in [3.63, 3.8) is 0 Å². The van der Waals surface area contributed by atoms with Crippen LogP contribution in [0.1, 0.15) is 23.2 Å². The fourth-order valence-corrected chi connectivity index (χ4v) is 4.19. The molecule has 5 nitrogen and oxygen atoms in total. The molecule has 0 unspecified atom stereocenters. The highest BCUT2D eigenvalue weighted by Crippen LogP contribution is 2.28. The van der Waals surface area contributed by atoms with Crippen molar-refractivity contribution in [2.24, 2.45) is 0 Å². The van der Waals surface area contributed by atoms with Crippen LogP contribution in [0, 0.1) is 0 Å². The maximum absolute atomic E-state index is 12.5. The Morgan fingerprint density at radius 1 is 1.38 bits per heavy atom. The summed E-state index contributed by atoms with van der Waals surface area (Å²) in [7, 11) is -3.64. The summed E-state index contributed by atoms with van der Waals surface area (Å²) in [5, 5.41) is 2.73. The highest BCUT2D eigenvalue weighted by Gasteiger charge is 2.29. The smallest absolute Gasteiger partial charge is 0.251 e. The van der Waals surface area contributed by atoms with Crippen LogP contribution in [0.15, 0.2) is 35.7 Å². The van der Waals surface area contributed by atoms with Gasteiger partial charge in [-0.3, -0.25) is 4.79 Å². The number of halogens is 1. The molecule has 0 radical (unpaired) electrons. The molecule has 1 heterocycles. The molecule has 0 atom stereocenters. The zero-order valence-electron chi connectivity index (χ0n) is 11.5. The Hall–Kier alpha value is -1.37. The van der Waals surface area contributed by atoms with Crippen LogP contribution in [0.2, 0.25) is 5.02 Å². The first-order valence-corrected chi connectivity index (χ1v) is 8.47. The molecule has 2 rings (SSSR count). The lowest BCUT2D eigenvalue weighted by molar-refractivity contribution is 0.0958. The molecule has 1 aliphatic rings. The third-order valence-electron chi connectivity index (χ3n) is 3.28. The molecule has 0 aliphatic carbocycles. The highest BCUT2D eigenvalue weighted by molar-refractivity contribution is 7.89. The second-order valence-corrected chi connectivity index (χ2v) is 7.07. The molecule has 0 saturated carbocycles. The van der Waals surface area contributed by atoms with Gasteiger partial charge in [0, 0.05) is 25.2 Å². The second kappa shape index (κ2) is 6.60. The van der Waals surface area contributed by atoms with E-state index in [4.69, 9.17) is 11.6 Å². The fourth-order valence-electron chi connectivity index (χ4n) is 2.18. The van der Waals surface area contributed by atoms with E-state index in [1.807, 2.05) is 0 Å². The standard InChI is InChI=1S/C14H17ClN2O3S/c1-2-7-16-14(18)11-5-6-12(15)13(10-11)21(19,20)17-8-3-4-9-17/h2,5-6,10H,1,3-4,7-9H2,(H,16,18). The summed E-state index contributed by atoms with van der Waals surface area (Å²) in [6, 6.07) is 4.27. The number of nitrogens with one attached hydrogen (secondary N) is 1. The van der Waals surface area contributed by atoms with E-state index in [0.29, 0.717) is 19.6 Å². The number of carbonyl (C=O) groups excluding carboxylic acids is 1. The molecule has 0 aromatic heterocycles. The van der Waals surface area contributed by atoms with Crippen molar-refractivity contribution in [1.29, 1.82) is 0 Å². The topological polar surface area (TPSA) is 66.5 Å². The van der Waals surface area contributed by atoms with Crippen molar-refractivity contribution >= 4 is 27.5 Å². The van der Waals surface area contributed by atoms with Crippen LogP contribution in [0.3, 0.4) is 0 Å².